The van der Waals surface area contributed by atoms with Crippen LogP contribution in [0.5, 0.6) is 0 Å². The van der Waals surface area contributed by atoms with E-state index in [2.05, 4.69) is 13.2 Å². The van der Waals surface area contributed by atoms with Crippen molar-refractivity contribution in [2.45, 2.75) is 20.3 Å². The number of carbonyl (C=O) groups is 1. The van der Waals surface area contributed by atoms with Crippen LogP contribution in [0.3, 0.4) is 0 Å². The predicted molar refractivity (Wildman–Crippen MR) is 81.8 cm³/mol. The maximum absolute atomic E-state index is 11.8. The SMILES string of the molecule is C=C/C=C(\C=C)CCOC(=O)C(/C=C\C)=C/C=C\C. The molecule has 0 aromatic carbocycles. The molecule has 0 aromatic rings. The Balaban J connectivity index is 4.47. The zero-order chi connectivity index (χ0) is 14.5. The highest BCUT2D eigenvalue weighted by atomic mass is 16.5. The molecule has 2 heteroatoms. The van der Waals surface area contributed by atoms with E-state index in [4.69, 9.17) is 4.74 Å². The summed E-state index contributed by atoms with van der Waals surface area (Å²) in [5, 5.41) is 0. The fourth-order valence-electron chi connectivity index (χ4n) is 1.32. The molecule has 0 bridgehead atoms. The van der Waals surface area contributed by atoms with Crippen molar-refractivity contribution >= 4 is 5.97 Å². The Morgan fingerprint density at radius 3 is 2.42 bits per heavy atom. The van der Waals surface area contributed by atoms with Gasteiger partial charge in [-0.15, -0.1) is 0 Å². The van der Waals surface area contributed by atoms with Crippen LogP contribution in [0.1, 0.15) is 20.3 Å². The molecule has 0 atom stereocenters. The van der Waals surface area contributed by atoms with Gasteiger partial charge in [-0.1, -0.05) is 55.7 Å². The molecule has 0 N–H and O–H groups in total. The molecule has 0 aliphatic rings. The van der Waals surface area contributed by atoms with Gasteiger partial charge >= 0.3 is 5.97 Å². The third-order valence-corrected chi connectivity index (χ3v) is 2.27. The zero-order valence-corrected chi connectivity index (χ0v) is 11.8. The summed E-state index contributed by atoms with van der Waals surface area (Å²) in [5.74, 6) is -0.321. The lowest BCUT2D eigenvalue weighted by atomic mass is 10.2. The lowest BCUT2D eigenvalue weighted by molar-refractivity contribution is -0.138. The summed E-state index contributed by atoms with van der Waals surface area (Å²) in [6, 6.07) is 0. The maximum atomic E-state index is 11.8. The third kappa shape index (κ3) is 7.77. The van der Waals surface area contributed by atoms with Crippen molar-refractivity contribution in [1.82, 2.24) is 0 Å². The Kier molecular flexibility index (Phi) is 9.81. The van der Waals surface area contributed by atoms with Crippen molar-refractivity contribution in [1.29, 1.82) is 0 Å². The molecule has 0 heterocycles. The fraction of sp³-hybridized carbons (Fsp3) is 0.235. The molecule has 0 fully saturated rings. The summed E-state index contributed by atoms with van der Waals surface area (Å²) < 4.78 is 5.22. The number of carbonyl (C=O) groups excluding carboxylic acids is 1. The summed E-state index contributed by atoms with van der Waals surface area (Å²) in [6.07, 6.45) is 14.9. The number of ether oxygens (including phenoxy) is 1. The van der Waals surface area contributed by atoms with Gasteiger partial charge in [0.15, 0.2) is 0 Å². The van der Waals surface area contributed by atoms with Gasteiger partial charge in [0, 0.05) is 6.42 Å². The highest BCUT2D eigenvalue weighted by molar-refractivity contribution is 5.91. The standard InChI is InChI=1S/C17H22O2/c1-5-9-12-16(11-7-3)17(18)19-14-13-15(8-4)10-6-2/h5-12H,2,4,13-14H2,1,3H3/b9-5-,11-7-,15-10+,16-12+. The van der Waals surface area contributed by atoms with E-state index in [1.165, 1.54) is 0 Å². The fourth-order valence-corrected chi connectivity index (χ4v) is 1.32. The zero-order valence-electron chi connectivity index (χ0n) is 11.8. The van der Waals surface area contributed by atoms with Crippen molar-refractivity contribution in [3.05, 3.63) is 72.9 Å². The van der Waals surface area contributed by atoms with Crippen molar-refractivity contribution in [3.63, 3.8) is 0 Å². The van der Waals surface area contributed by atoms with Gasteiger partial charge in [0.25, 0.3) is 0 Å². The first-order valence-corrected chi connectivity index (χ1v) is 6.26. The van der Waals surface area contributed by atoms with Crippen LogP contribution in [0.25, 0.3) is 0 Å². The minimum Gasteiger partial charge on any atom is -0.462 e. The molecule has 0 radical (unpaired) electrons. The first-order valence-electron chi connectivity index (χ1n) is 6.26. The van der Waals surface area contributed by atoms with Crippen molar-refractivity contribution in [2.75, 3.05) is 6.61 Å². The average Bonchev–Trinajstić information content (AvgIpc) is 2.42. The Bertz CT molecular complexity index is 421. The monoisotopic (exact) mass is 258 g/mol. The lowest BCUT2D eigenvalue weighted by Gasteiger charge is -2.05. The molecule has 2 nitrogen and oxygen atoms in total. The van der Waals surface area contributed by atoms with Crippen LogP contribution in [0, 0.1) is 0 Å². The maximum Gasteiger partial charge on any atom is 0.338 e. The highest BCUT2D eigenvalue weighted by Gasteiger charge is 2.06. The lowest BCUT2D eigenvalue weighted by Crippen LogP contribution is -2.08. The van der Waals surface area contributed by atoms with E-state index >= 15 is 0 Å². The van der Waals surface area contributed by atoms with Crippen LogP contribution in [0.4, 0.5) is 0 Å². The smallest absolute Gasteiger partial charge is 0.338 e. The van der Waals surface area contributed by atoms with Crippen molar-refractivity contribution in [3.8, 4) is 0 Å². The molecule has 0 saturated heterocycles. The van der Waals surface area contributed by atoms with E-state index in [0.717, 1.165) is 5.57 Å². The van der Waals surface area contributed by atoms with E-state index < -0.39 is 0 Å². The van der Waals surface area contributed by atoms with Crippen molar-refractivity contribution < 1.29 is 9.53 Å². The molecule has 0 aliphatic heterocycles. The Labute approximate surface area is 116 Å². The minimum atomic E-state index is -0.321. The summed E-state index contributed by atoms with van der Waals surface area (Å²) in [7, 11) is 0. The first-order chi connectivity index (χ1) is 9.19. The van der Waals surface area contributed by atoms with Gasteiger partial charge < -0.3 is 4.74 Å². The summed E-state index contributed by atoms with van der Waals surface area (Å²) in [4.78, 5) is 11.8. The number of hydrogen-bond acceptors (Lipinski definition) is 2. The van der Waals surface area contributed by atoms with Gasteiger partial charge in [0.2, 0.25) is 0 Å². The minimum absolute atomic E-state index is 0.321. The number of rotatable bonds is 8. The van der Waals surface area contributed by atoms with Crippen LogP contribution in [-0.2, 0) is 9.53 Å². The second-order valence-electron chi connectivity index (χ2n) is 3.72. The number of allylic oxidation sites excluding steroid dienone is 7. The molecule has 0 saturated carbocycles. The number of hydrogen-bond donors (Lipinski definition) is 0. The van der Waals surface area contributed by atoms with Gasteiger partial charge in [-0.2, -0.15) is 0 Å². The molecule has 0 spiro atoms. The highest BCUT2D eigenvalue weighted by Crippen LogP contribution is 2.06. The molecule has 0 aliphatic carbocycles. The first kappa shape index (κ1) is 16.9. The van der Waals surface area contributed by atoms with Crippen LogP contribution in [-0.4, -0.2) is 12.6 Å². The Hall–Kier alpha value is -2.09. The molecule has 0 rings (SSSR count). The van der Waals surface area contributed by atoms with Crippen LogP contribution < -0.4 is 0 Å². The molecule has 0 amide bonds. The summed E-state index contributed by atoms with van der Waals surface area (Å²) in [5.41, 5.74) is 1.53. The molecular formula is C17H22O2. The summed E-state index contributed by atoms with van der Waals surface area (Å²) in [6.45, 7) is 11.4. The van der Waals surface area contributed by atoms with Gasteiger partial charge in [-0.05, 0) is 25.5 Å². The van der Waals surface area contributed by atoms with E-state index in [-0.39, 0.29) is 5.97 Å². The average molecular weight is 258 g/mol. The molecule has 19 heavy (non-hydrogen) atoms. The normalized spacial score (nSPS) is 12.9. The van der Waals surface area contributed by atoms with Crippen LogP contribution in [0.2, 0.25) is 0 Å². The second kappa shape index (κ2) is 11.0. The van der Waals surface area contributed by atoms with E-state index in [1.807, 2.05) is 38.2 Å². The topological polar surface area (TPSA) is 26.3 Å². The van der Waals surface area contributed by atoms with Gasteiger partial charge in [-0.25, -0.2) is 4.79 Å². The van der Waals surface area contributed by atoms with Gasteiger partial charge in [-0.3, -0.25) is 0 Å². The Morgan fingerprint density at radius 2 is 1.89 bits per heavy atom. The van der Waals surface area contributed by atoms with Crippen LogP contribution in [0.15, 0.2) is 72.9 Å². The molecular weight excluding hydrogens is 236 g/mol. The Morgan fingerprint density at radius 1 is 1.16 bits per heavy atom. The van der Waals surface area contributed by atoms with Gasteiger partial charge in [0.1, 0.15) is 0 Å². The quantitative estimate of drug-likeness (QED) is 0.368. The van der Waals surface area contributed by atoms with Gasteiger partial charge in [0.05, 0.1) is 12.2 Å². The molecule has 0 aromatic heterocycles. The molecule has 0 unspecified atom stereocenters. The largest absolute Gasteiger partial charge is 0.462 e. The summed E-state index contributed by atoms with van der Waals surface area (Å²) >= 11 is 0. The predicted octanol–water partition coefficient (Wildman–Crippen LogP) is 4.30. The van der Waals surface area contributed by atoms with Crippen molar-refractivity contribution in [2.24, 2.45) is 0 Å². The van der Waals surface area contributed by atoms with E-state index in [1.54, 1.807) is 24.3 Å². The third-order valence-electron chi connectivity index (χ3n) is 2.27. The van der Waals surface area contributed by atoms with Crippen LogP contribution >= 0.6 is 0 Å². The van der Waals surface area contributed by atoms with E-state index in [9.17, 15) is 4.79 Å². The second-order valence-corrected chi connectivity index (χ2v) is 3.72. The number of esters is 1. The molecule has 102 valence electrons. The van der Waals surface area contributed by atoms with E-state index in [0.29, 0.717) is 18.6 Å².